The number of rotatable bonds is 2. The van der Waals surface area contributed by atoms with Crippen LogP contribution < -0.4 is 10.2 Å². The number of carbonyl (C=O) groups excluding carboxylic acids is 1. The van der Waals surface area contributed by atoms with Crippen molar-refractivity contribution in [1.29, 1.82) is 0 Å². The Hall–Kier alpha value is -1.58. The van der Waals surface area contributed by atoms with Crippen LogP contribution in [0.5, 0.6) is 0 Å². The maximum atomic E-state index is 12.2. The van der Waals surface area contributed by atoms with Gasteiger partial charge in [-0.15, -0.1) is 0 Å². The molecule has 4 heteroatoms. The Morgan fingerprint density at radius 3 is 3.17 bits per heavy atom. The molecule has 1 fully saturated rings. The average molecular weight is 245 g/mol. The lowest BCUT2D eigenvalue weighted by Gasteiger charge is -2.21. The Morgan fingerprint density at radius 1 is 1.44 bits per heavy atom. The molecule has 1 N–H and O–H groups in total. The van der Waals surface area contributed by atoms with Crippen LogP contribution in [-0.4, -0.2) is 24.1 Å². The van der Waals surface area contributed by atoms with Crippen LogP contribution in [0.25, 0.3) is 0 Å². The first-order valence-corrected chi connectivity index (χ1v) is 6.84. The molecule has 2 aliphatic rings. The van der Waals surface area contributed by atoms with Crippen LogP contribution in [0, 0.1) is 5.92 Å². The van der Waals surface area contributed by atoms with E-state index in [-0.39, 0.29) is 6.03 Å². The molecule has 1 aromatic heterocycles. The number of anilines is 1. The van der Waals surface area contributed by atoms with Gasteiger partial charge in [-0.2, -0.15) is 0 Å². The molecule has 0 saturated heterocycles. The summed E-state index contributed by atoms with van der Waals surface area (Å²) in [4.78, 5) is 18.4. The van der Waals surface area contributed by atoms with E-state index in [9.17, 15) is 4.79 Å². The summed E-state index contributed by atoms with van der Waals surface area (Å²) in [5.41, 5.74) is 1.19. The molecule has 0 unspecified atom stereocenters. The molecule has 1 aromatic rings. The molecule has 0 bridgehead atoms. The smallest absolute Gasteiger partial charge is 0.323 e. The van der Waals surface area contributed by atoms with E-state index in [1.54, 1.807) is 6.20 Å². The molecule has 1 saturated carbocycles. The van der Waals surface area contributed by atoms with Crippen molar-refractivity contribution in [1.82, 2.24) is 10.3 Å². The number of carbonyl (C=O) groups is 1. The Bertz CT molecular complexity index is 442. The summed E-state index contributed by atoms with van der Waals surface area (Å²) in [6.07, 6.45) is 7.49. The Morgan fingerprint density at radius 2 is 2.33 bits per heavy atom. The third kappa shape index (κ3) is 2.47. The van der Waals surface area contributed by atoms with Gasteiger partial charge in [0.25, 0.3) is 0 Å². The van der Waals surface area contributed by atoms with Gasteiger partial charge in [-0.05, 0) is 49.7 Å². The molecule has 0 atom stereocenters. The minimum Gasteiger partial charge on any atom is -0.337 e. The SMILES string of the molecule is O=C(NCC1CC1)N1CCCCc2cccnc21. The van der Waals surface area contributed by atoms with Crippen molar-refractivity contribution in [3.05, 3.63) is 23.9 Å². The zero-order valence-electron chi connectivity index (χ0n) is 10.6. The summed E-state index contributed by atoms with van der Waals surface area (Å²) in [7, 11) is 0. The van der Waals surface area contributed by atoms with Crippen LogP contribution in [-0.2, 0) is 6.42 Å². The first-order chi connectivity index (χ1) is 8.84. The minimum absolute atomic E-state index is 0.0174. The van der Waals surface area contributed by atoms with E-state index < -0.39 is 0 Å². The fourth-order valence-corrected chi connectivity index (χ4v) is 2.41. The van der Waals surface area contributed by atoms with Crippen LogP contribution in [0.2, 0.25) is 0 Å². The lowest BCUT2D eigenvalue weighted by molar-refractivity contribution is 0.245. The van der Waals surface area contributed by atoms with Crippen molar-refractivity contribution in [2.24, 2.45) is 5.92 Å². The molecule has 18 heavy (non-hydrogen) atoms. The zero-order valence-corrected chi connectivity index (χ0v) is 10.6. The van der Waals surface area contributed by atoms with Gasteiger partial charge in [0, 0.05) is 19.3 Å². The quantitative estimate of drug-likeness (QED) is 0.869. The zero-order chi connectivity index (χ0) is 12.4. The molecule has 0 aromatic carbocycles. The van der Waals surface area contributed by atoms with Gasteiger partial charge in [-0.1, -0.05) is 6.07 Å². The number of pyridine rings is 1. The van der Waals surface area contributed by atoms with Crippen molar-refractivity contribution < 1.29 is 4.79 Å². The summed E-state index contributed by atoms with van der Waals surface area (Å²) >= 11 is 0. The predicted octanol–water partition coefficient (Wildman–Crippen LogP) is 2.34. The fourth-order valence-electron chi connectivity index (χ4n) is 2.41. The molecule has 2 amide bonds. The van der Waals surface area contributed by atoms with E-state index in [0.29, 0.717) is 5.92 Å². The standard InChI is InChI=1S/C14H19N3O/c18-14(16-10-11-6-7-11)17-9-2-1-4-12-5-3-8-15-13(12)17/h3,5,8,11H,1-2,4,6-7,9-10H2,(H,16,18). The lowest BCUT2D eigenvalue weighted by Crippen LogP contribution is -2.41. The predicted molar refractivity (Wildman–Crippen MR) is 70.6 cm³/mol. The average Bonchev–Trinajstić information content (AvgIpc) is 3.22. The molecule has 2 heterocycles. The molecule has 4 nitrogen and oxygen atoms in total. The minimum atomic E-state index is 0.0174. The molecule has 0 radical (unpaired) electrons. The van der Waals surface area contributed by atoms with E-state index >= 15 is 0 Å². The number of hydrogen-bond donors (Lipinski definition) is 1. The van der Waals surface area contributed by atoms with Crippen LogP contribution in [0.3, 0.4) is 0 Å². The first-order valence-electron chi connectivity index (χ1n) is 6.84. The largest absolute Gasteiger partial charge is 0.337 e. The fraction of sp³-hybridized carbons (Fsp3) is 0.571. The van der Waals surface area contributed by atoms with Gasteiger partial charge >= 0.3 is 6.03 Å². The summed E-state index contributed by atoms with van der Waals surface area (Å²) in [6.45, 7) is 1.60. The van der Waals surface area contributed by atoms with E-state index in [1.165, 1.54) is 18.4 Å². The number of fused-ring (bicyclic) bond motifs is 1. The highest BCUT2D eigenvalue weighted by Gasteiger charge is 2.25. The van der Waals surface area contributed by atoms with Crippen molar-refractivity contribution in [2.75, 3.05) is 18.0 Å². The molecule has 1 aliphatic heterocycles. The number of aryl methyl sites for hydroxylation is 1. The molecule has 1 aliphatic carbocycles. The Kier molecular flexibility index (Phi) is 3.17. The molecular weight excluding hydrogens is 226 g/mol. The van der Waals surface area contributed by atoms with Crippen LogP contribution in [0.1, 0.15) is 31.2 Å². The highest BCUT2D eigenvalue weighted by molar-refractivity contribution is 5.91. The maximum Gasteiger partial charge on any atom is 0.323 e. The van der Waals surface area contributed by atoms with Gasteiger partial charge in [-0.25, -0.2) is 9.78 Å². The molecule has 0 spiro atoms. The van der Waals surface area contributed by atoms with E-state index in [2.05, 4.69) is 16.4 Å². The van der Waals surface area contributed by atoms with Crippen molar-refractivity contribution in [3.8, 4) is 0 Å². The van der Waals surface area contributed by atoms with E-state index in [4.69, 9.17) is 0 Å². The Labute approximate surface area is 107 Å². The number of hydrogen-bond acceptors (Lipinski definition) is 2. The van der Waals surface area contributed by atoms with Crippen molar-refractivity contribution >= 4 is 11.8 Å². The summed E-state index contributed by atoms with van der Waals surface area (Å²) < 4.78 is 0. The second-order valence-electron chi connectivity index (χ2n) is 5.22. The number of amides is 2. The third-order valence-corrected chi connectivity index (χ3v) is 3.69. The summed E-state index contributed by atoms with van der Waals surface area (Å²) in [6, 6.07) is 4.04. The normalized spacial score (nSPS) is 19.0. The summed E-state index contributed by atoms with van der Waals surface area (Å²) in [5.74, 6) is 1.56. The number of urea groups is 1. The highest BCUT2D eigenvalue weighted by atomic mass is 16.2. The van der Waals surface area contributed by atoms with Crippen molar-refractivity contribution in [3.63, 3.8) is 0 Å². The third-order valence-electron chi connectivity index (χ3n) is 3.69. The second-order valence-corrected chi connectivity index (χ2v) is 5.22. The van der Waals surface area contributed by atoms with Crippen LogP contribution in [0.4, 0.5) is 10.6 Å². The number of nitrogens with zero attached hydrogens (tertiary/aromatic N) is 2. The van der Waals surface area contributed by atoms with Crippen LogP contribution in [0.15, 0.2) is 18.3 Å². The number of nitrogens with one attached hydrogen (secondary N) is 1. The van der Waals surface area contributed by atoms with Crippen molar-refractivity contribution in [2.45, 2.75) is 32.1 Å². The topological polar surface area (TPSA) is 45.2 Å². The van der Waals surface area contributed by atoms with Gasteiger partial charge in [0.2, 0.25) is 0 Å². The monoisotopic (exact) mass is 245 g/mol. The number of aromatic nitrogens is 1. The Balaban J connectivity index is 1.75. The van der Waals surface area contributed by atoms with Gasteiger partial charge in [0.05, 0.1) is 0 Å². The second kappa shape index (κ2) is 4.96. The van der Waals surface area contributed by atoms with Gasteiger partial charge in [0.15, 0.2) is 0 Å². The van der Waals surface area contributed by atoms with Gasteiger partial charge in [-0.3, -0.25) is 4.90 Å². The van der Waals surface area contributed by atoms with Gasteiger partial charge < -0.3 is 5.32 Å². The molecule has 3 rings (SSSR count). The van der Waals surface area contributed by atoms with Crippen LogP contribution >= 0.6 is 0 Å². The molecule has 96 valence electrons. The maximum absolute atomic E-state index is 12.2. The highest BCUT2D eigenvalue weighted by Crippen LogP contribution is 2.28. The van der Waals surface area contributed by atoms with Gasteiger partial charge in [0.1, 0.15) is 5.82 Å². The summed E-state index contributed by atoms with van der Waals surface area (Å²) in [5, 5.41) is 3.03. The van der Waals surface area contributed by atoms with E-state index in [1.807, 2.05) is 11.0 Å². The first kappa shape index (κ1) is 11.5. The molecular formula is C14H19N3O. The lowest BCUT2D eigenvalue weighted by atomic mass is 10.1. The van der Waals surface area contributed by atoms with E-state index in [0.717, 1.165) is 38.2 Å².